The number of fused-ring (bicyclic) bond motifs is 1. The summed E-state index contributed by atoms with van der Waals surface area (Å²) in [5, 5.41) is 2.72. The molecular formula is C23H26N2O6S. The summed E-state index contributed by atoms with van der Waals surface area (Å²) in [6.07, 6.45) is 2.84. The van der Waals surface area contributed by atoms with Gasteiger partial charge in [-0.3, -0.25) is 4.79 Å². The van der Waals surface area contributed by atoms with Gasteiger partial charge in [0.1, 0.15) is 10.6 Å². The van der Waals surface area contributed by atoms with E-state index >= 15 is 0 Å². The van der Waals surface area contributed by atoms with Gasteiger partial charge < -0.3 is 14.8 Å². The van der Waals surface area contributed by atoms with E-state index in [1.807, 2.05) is 0 Å². The predicted molar refractivity (Wildman–Crippen MR) is 118 cm³/mol. The molecule has 2 aliphatic heterocycles. The van der Waals surface area contributed by atoms with Gasteiger partial charge in [-0.25, -0.2) is 13.2 Å². The summed E-state index contributed by atoms with van der Waals surface area (Å²) in [4.78, 5) is 25.5. The molecule has 4 rings (SSSR count). The molecule has 1 amide bonds. The van der Waals surface area contributed by atoms with E-state index in [0.29, 0.717) is 18.7 Å². The fourth-order valence-electron chi connectivity index (χ4n) is 4.12. The minimum absolute atomic E-state index is 0.00385. The zero-order chi connectivity index (χ0) is 22.9. The first-order chi connectivity index (χ1) is 15.2. The van der Waals surface area contributed by atoms with E-state index in [1.54, 1.807) is 37.3 Å². The Morgan fingerprint density at radius 1 is 1.12 bits per heavy atom. The van der Waals surface area contributed by atoms with Gasteiger partial charge in [-0.15, -0.1) is 0 Å². The van der Waals surface area contributed by atoms with Crippen LogP contribution >= 0.6 is 0 Å². The van der Waals surface area contributed by atoms with Crippen molar-refractivity contribution in [3.63, 3.8) is 0 Å². The second-order valence-corrected chi connectivity index (χ2v) is 10.1. The van der Waals surface area contributed by atoms with Gasteiger partial charge in [0.2, 0.25) is 10.0 Å². The quantitative estimate of drug-likeness (QED) is 0.691. The summed E-state index contributed by atoms with van der Waals surface area (Å²) in [6, 6.07) is 11.5. The summed E-state index contributed by atoms with van der Waals surface area (Å²) in [7, 11) is -2.37. The Hall–Kier alpha value is -2.91. The zero-order valence-electron chi connectivity index (χ0n) is 18.1. The second kappa shape index (κ2) is 8.55. The molecule has 0 radical (unpaired) electrons. The maximum absolute atomic E-state index is 13.2. The normalized spacial score (nSPS) is 21.4. The lowest BCUT2D eigenvalue weighted by Gasteiger charge is -2.33. The maximum Gasteiger partial charge on any atom is 0.339 e. The number of carbonyl (C=O) groups excluding carboxylic acids is 2. The number of hydrogen-bond donors (Lipinski definition) is 1. The molecule has 1 unspecified atom stereocenters. The highest BCUT2D eigenvalue weighted by Crippen LogP contribution is 2.33. The standard InChI is InChI=1S/C23H26N2O6S/c1-23(15-16-8-4-5-9-18(16)21(26)31-23)22(27)24-17-10-11-19(30-2)20(14-17)32(28,29)25-12-6-3-7-13-25/h4-5,8-11,14H,3,6-7,12-13,15H2,1-2H3,(H,24,27). The van der Waals surface area contributed by atoms with Crippen LogP contribution in [0.25, 0.3) is 0 Å². The smallest absolute Gasteiger partial charge is 0.339 e. The number of ether oxygens (including phenoxy) is 2. The SMILES string of the molecule is COc1ccc(NC(=O)C2(C)Cc3ccccc3C(=O)O2)cc1S(=O)(=O)N1CCCCC1. The number of nitrogens with one attached hydrogen (secondary N) is 1. The van der Waals surface area contributed by atoms with E-state index in [0.717, 1.165) is 24.8 Å². The Bertz CT molecular complexity index is 1160. The van der Waals surface area contributed by atoms with Crippen LogP contribution in [0.2, 0.25) is 0 Å². The van der Waals surface area contributed by atoms with Crippen molar-refractivity contribution in [2.45, 2.75) is 43.1 Å². The van der Waals surface area contributed by atoms with Crippen LogP contribution in [0.15, 0.2) is 47.4 Å². The van der Waals surface area contributed by atoms with Crippen LogP contribution in [0.4, 0.5) is 5.69 Å². The van der Waals surface area contributed by atoms with Crippen molar-refractivity contribution < 1.29 is 27.5 Å². The maximum atomic E-state index is 13.2. The molecule has 9 heteroatoms. The number of amides is 1. The fraction of sp³-hybridized carbons (Fsp3) is 0.391. The predicted octanol–water partition coefficient (Wildman–Crippen LogP) is 2.98. The molecule has 2 aliphatic rings. The van der Waals surface area contributed by atoms with Gasteiger partial charge >= 0.3 is 5.97 Å². The lowest BCUT2D eigenvalue weighted by molar-refractivity contribution is -0.134. The van der Waals surface area contributed by atoms with Crippen molar-refractivity contribution in [1.29, 1.82) is 0 Å². The minimum atomic E-state index is -3.78. The number of sulfonamides is 1. The largest absolute Gasteiger partial charge is 0.495 e. The minimum Gasteiger partial charge on any atom is -0.495 e. The number of carbonyl (C=O) groups is 2. The van der Waals surface area contributed by atoms with Crippen LogP contribution in [-0.2, 0) is 26.0 Å². The van der Waals surface area contributed by atoms with E-state index in [2.05, 4.69) is 5.32 Å². The van der Waals surface area contributed by atoms with Gasteiger partial charge in [0.05, 0.1) is 12.7 Å². The van der Waals surface area contributed by atoms with Crippen LogP contribution in [0, 0.1) is 0 Å². The third-order valence-corrected chi connectivity index (χ3v) is 7.84. The van der Waals surface area contributed by atoms with Gasteiger partial charge in [0, 0.05) is 25.2 Å². The van der Waals surface area contributed by atoms with Crippen molar-refractivity contribution in [3.05, 3.63) is 53.6 Å². The number of anilines is 1. The number of rotatable bonds is 5. The first-order valence-electron chi connectivity index (χ1n) is 10.6. The van der Waals surface area contributed by atoms with Crippen molar-refractivity contribution in [1.82, 2.24) is 4.31 Å². The van der Waals surface area contributed by atoms with Crippen molar-refractivity contribution in [2.75, 3.05) is 25.5 Å². The zero-order valence-corrected chi connectivity index (χ0v) is 18.9. The van der Waals surface area contributed by atoms with E-state index < -0.39 is 27.5 Å². The van der Waals surface area contributed by atoms with E-state index in [4.69, 9.17) is 9.47 Å². The molecule has 1 atom stereocenters. The Labute approximate surface area is 187 Å². The van der Waals surface area contributed by atoms with Crippen LogP contribution in [0.3, 0.4) is 0 Å². The highest BCUT2D eigenvalue weighted by atomic mass is 32.2. The van der Waals surface area contributed by atoms with Crippen molar-refractivity contribution in [3.8, 4) is 5.75 Å². The number of nitrogens with zero attached hydrogens (tertiary/aromatic N) is 1. The number of methoxy groups -OCH3 is 1. The first kappa shape index (κ1) is 22.3. The topological polar surface area (TPSA) is 102 Å². The van der Waals surface area contributed by atoms with Gasteiger partial charge in [-0.2, -0.15) is 4.31 Å². The highest BCUT2D eigenvalue weighted by molar-refractivity contribution is 7.89. The fourth-order valence-corrected chi connectivity index (χ4v) is 5.82. The lowest BCUT2D eigenvalue weighted by atomic mass is 9.89. The third kappa shape index (κ3) is 4.10. The number of benzene rings is 2. The number of esters is 1. The summed E-state index contributed by atoms with van der Waals surface area (Å²) >= 11 is 0. The average molecular weight is 459 g/mol. The second-order valence-electron chi connectivity index (χ2n) is 8.24. The van der Waals surface area contributed by atoms with Gasteiger partial charge in [0.25, 0.3) is 5.91 Å². The molecule has 1 N–H and O–H groups in total. The molecule has 8 nitrogen and oxygen atoms in total. The van der Waals surface area contributed by atoms with Gasteiger partial charge in [0.15, 0.2) is 5.60 Å². The molecule has 2 aromatic rings. The average Bonchev–Trinajstić information content (AvgIpc) is 2.79. The van der Waals surface area contributed by atoms with Crippen molar-refractivity contribution >= 4 is 27.6 Å². The Balaban J connectivity index is 1.60. The van der Waals surface area contributed by atoms with Crippen LogP contribution in [0.5, 0.6) is 5.75 Å². The lowest BCUT2D eigenvalue weighted by Crippen LogP contribution is -2.48. The van der Waals surface area contributed by atoms with Crippen molar-refractivity contribution in [2.24, 2.45) is 0 Å². The van der Waals surface area contributed by atoms with Gasteiger partial charge in [-0.05, 0) is 49.6 Å². The molecule has 170 valence electrons. The number of hydrogen-bond acceptors (Lipinski definition) is 6. The summed E-state index contributed by atoms with van der Waals surface area (Å²) in [5.41, 5.74) is 0.0289. The van der Waals surface area contributed by atoms with Crippen LogP contribution in [0.1, 0.15) is 42.1 Å². The molecule has 1 saturated heterocycles. The Morgan fingerprint density at radius 3 is 2.56 bits per heavy atom. The van der Waals surface area contributed by atoms with E-state index in [9.17, 15) is 18.0 Å². The molecule has 1 fully saturated rings. The number of cyclic esters (lactones) is 1. The van der Waals surface area contributed by atoms with Crippen LogP contribution in [-0.4, -0.2) is 50.4 Å². The van der Waals surface area contributed by atoms with Gasteiger partial charge in [-0.1, -0.05) is 24.6 Å². The molecule has 0 spiro atoms. The molecule has 2 aromatic carbocycles. The molecular weight excluding hydrogens is 432 g/mol. The summed E-state index contributed by atoms with van der Waals surface area (Å²) < 4.78 is 38.6. The molecule has 2 heterocycles. The van der Waals surface area contributed by atoms with E-state index in [-0.39, 0.29) is 22.8 Å². The van der Waals surface area contributed by atoms with E-state index in [1.165, 1.54) is 23.5 Å². The Kier molecular flexibility index (Phi) is 5.96. The third-order valence-electron chi connectivity index (χ3n) is 5.92. The molecule has 0 saturated carbocycles. The van der Waals surface area contributed by atoms with Crippen LogP contribution < -0.4 is 10.1 Å². The first-order valence-corrected chi connectivity index (χ1v) is 12.0. The molecule has 0 aliphatic carbocycles. The Morgan fingerprint density at radius 2 is 1.84 bits per heavy atom. The summed E-state index contributed by atoms with van der Waals surface area (Å²) in [5.74, 6) is -0.891. The molecule has 0 bridgehead atoms. The monoisotopic (exact) mass is 458 g/mol. The highest BCUT2D eigenvalue weighted by Gasteiger charge is 2.42. The number of piperidine rings is 1. The summed E-state index contributed by atoms with van der Waals surface area (Å²) in [6.45, 7) is 2.45. The molecule has 32 heavy (non-hydrogen) atoms. The molecule has 0 aromatic heterocycles.